The fourth-order valence-corrected chi connectivity index (χ4v) is 2.27. The van der Waals surface area contributed by atoms with Gasteiger partial charge in [-0.1, -0.05) is 27.2 Å². The summed E-state index contributed by atoms with van der Waals surface area (Å²) in [6, 6.07) is 0.857. The number of hydrogen-bond donors (Lipinski definition) is 1. The summed E-state index contributed by atoms with van der Waals surface area (Å²) < 4.78 is 5.70. The van der Waals surface area contributed by atoms with Gasteiger partial charge in [0.2, 0.25) is 0 Å². The Morgan fingerprint density at radius 3 is 2.69 bits per heavy atom. The first-order valence-corrected chi connectivity index (χ1v) is 6.69. The van der Waals surface area contributed by atoms with Gasteiger partial charge < -0.3 is 10.5 Å². The molecule has 1 aliphatic heterocycles. The Bertz CT molecular complexity index is 198. The van der Waals surface area contributed by atoms with Gasteiger partial charge in [0, 0.05) is 25.2 Å². The van der Waals surface area contributed by atoms with E-state index in [0.717, 1.165) is 32.5 Å². The third-order valence-corrected chi connectivity index (χ3v) is 3.87. The van der Waals surface area contributed by atoms with Crippen molar-refractivity contribution in [1.29, 1.82) is 0 Å². The van der Waals surface area contributed by atoms with Gasteiger partial charge in [0.15, 0.2) is 0 Å². The number of nitrogens with zero attached hydrogens (tertiary/aromatic N) is 1. The van der Waals surface area contributed by atoms with E-state index in [2.05, 4.69) is 32.6 Å². The number of ether oxygens (including phenoxy) is 1. The predicted octanol–water partition coefficient (Wildman–Crippen LogP) is 1.86. The zero-order valence-electron chi connectivity index (χ0n) is 11.3. The van der Waals surface area contributed by atoms with Crippen molar-refractivity contribution in [3.8, 4) is 0 Å². The van der Waals surface area contributed by atoms with E-state index >= 15 is 0 Å². The highest BCUT2D eigenvalue weighted by molar-refractivity contribution is 4.82. The van der Waals surface area contributed by atoms with Crippen molar-refractivity contribution in [2.75, 3.05) is 19.7 Å². The summed E-state index contributed by atoms with van der Waals surface area (Å²) in [5.74, 6) is 0.607. The molecule has 0 saturated carbocycles. The number of nitrogens with two attached hydrogens (primary N) is 1. The standard InChI is InChI=1S/C13H28N2O/c1-5-10(3)13(14)8-15-7-11(4)16-9-12(15)6-2/h10-13H,5-9,14H2,1-4H3. The maximum atomic E-state index is 6.24. The van der Waals surface area contributed by atoms with Crippen molar-refractivity contribution >= 4 is 0 Å². The molecule has 1 heterocycles. The van der Waals surface area contributed by atoms with Crippen molar-refractivity contribution in [2.45, 2.75) is 58.7 Å². The zero-order valence-corrected chi connectivity index (χ0v) is 11.3. The average Bonchev–Trinajstić information content (AvgIpc) is 2.28. The smallest absolute Gasteiger partial charge is 0.0674 e. The lowest BCUT2D eigenvalue weighted by atomic mass is 9.98. The molecular formula is C13H28N2O. The molecule has 3 heteroatoms. The van der Waals surface area contributed by atoms with Crippen LogP contribution in [0.3, 0.4) is 0 Å². The molecule has 3 nitrogen and oxygen atoms in total. The van der Waals surface area contributed by atoms with E-state index in [-0.39, 0.29) is 0 Å². The predicted molar refractivity (Wildman–Crippen MR) is 68.5 cm³/mol. The Balaban J connectivity index is 2.48. The Kier molecular flexibility index (Phi) is 5.73. The summed E-state index contributed by atoms with van der Waals surface area (Å²) >= 11 is 0. The van der Waals surface area contributed by atoms with Crippen molar-refractivity contribution < 1.29 is 4.74 Å². The Hall–Kier alpha value is -0.120. The van der Waals surface area contributed by atoms with Crippen LogP contribution in [-0.4, -0.2) is 42.8 Å². The molecule has 0 bridgehead atoms. The van der Waals surface area contributed by atoms with E-state index in [1.54, 1.807) is 0 Å². The molecule has 96 valence electrons. The molecule has 4 atom stereocenters. The van der Waals surface area contributed by atoms with Crippen molar-refractivity contribution in [2.24, 2.45) is 11.7 Å². The van der Waals surface area contributed by atoms with Gasteiger partial charge in [0.1, 0.15) is 0 Å². The molecule has 1 fully saturated rings. The molecule has 0 aromatic rings. The van der Waals surface area contributed by atoms with Crippen LogP contribution >= 0.6 is 0 Å². The van der Waals surface area contributed by atoms with Crippen LogP contribution in [0.2, 0.25) is 0 Å². The summed E-state index contributed by atoms with van der Waals surface area (Å²) in [5, 5.41) is 0. The maximum absolute atomic E-state index is 6.24. The second kappa shape index (κ2) is 6.58. The summed E-state index contributed by atoms with van der Waals surface area (Å²) in [7, 11) is 0. The van der Waals surface area contributed by atoms with E-state index in [1.165, 1.54) is 0 Å². The van der Waals surface area contributed by atoms with Crippen molar-refractivity contribution in [3.63, 3.8) is 0 Å². The van der Waals surface area contributed by atoms with Gasteiger partial charge in [0.05, 0.1) is 12.7 Å². The van der Waals surface area contributed by atoms with Crippen molar-refractivity contribution in [3.05, 3.63) is 0 Å². The average molecular weight is 228 g/mol. The van der Waals surface area contributed by atoms with E-state index in [4.69, 9.17) is 10.5 Å². The number of rotatable bonds is 5. The number of morpholine rings is 1. The fourth-order valence-electron chi connectivity index (χ4n) is 2.27. The third kappa shape index (κ3) is 3.72. The largest absolute Gasteiger partial charge is 0.376 e. The highest BCUT2D eigenvalue weighted by Gasteiger charge is 2.27. The molecule has 16 heavy (non-hydrogen) atoms. The van der Waals surface area contributed by atoms with Crippen LogP contribution in [0.4, 0.5) is 0 Å². The van der Waals surface area contributed by atoms with Crippen LogP contribution in [0.5, 0.6) is 0 Å². The molecule has 4 unspecified atom stereocenters. The van der Waals surface area contributed by atoms with E-state index in [9.17, 15) is 0 Å². The Labute approximate surface area is 100 Å². The quantitative estimate of drug-likeness (QED) is 0.780. The number of hydrogen-bond acceptors (Lipinski definition) is 3. The van der Waals surface area contributed by atoms with Crippen LogP contribution in [0.25, 0.3) is 0 Å². The van der Waals surface area contributed by atoms with E-state index < -0.39 is 0 Å². The fraction of sp³-hybridized carbons (Fsp3) is 1.00. The van der Waals surface area contributed by atoms with Gasteiger partial charge in [-0.2, -0.15) is 0 Å². The van der Waals surface area contributed by atoms with Gasteiger partial charge >= 0.3 is 0 Å². The van der Waals surface area contributed by atoms with Crippen LogP contribution < -0.4 is 5.73 Å². The zero-order chi connectivity index (χ0) is 12.1. The van der Waals surface area contributed by atoms with Gasteiger partial charge in [-0.15, -0.1) is 0 Å². The molecule has 1 aliphatic rings. The molecule has 0 spiro atoms. The van der Waals surface area contributed by atoms with Crippen molar-refractivity contribution in [1.82, 2.24) is 4.90 Å². The topological polar surface area (TPSA) is 38.5 Å². The lowest BCUT2D eigenvalue weighted by Crippen LogP contribution is -2.53. The molecule has 0 aromatic carbocycles. The van der Waals surface area contributed by atoms with Gasteiger partial charge in [-0.25, -0.2) is 0 Å². The molecule has 0 aliphatic carbocycles. The monoisotopic (exact) mass is 228 g/mol. The first-order chi connectivity index (χ1) is 7.58. The van der Waals surface area contributed by atoms with Crippen LogP contribution in [-0.2, 0) is 4.74 Å². The normalized spacial score (nSPS) is 31.3. The molecular weight excluding hydrogens is 200 g/mol. The third-order valence-electron chi connectivity index (χ3n) is 3.87. The highest BCUT2D eigenvalue weighted by atomic mass is 16.5. The minimum absolute atomic E-state index is 0.296. The summed E-state index contributed by atoms with van der Waals surface area (Å²) in [6.07, 6.45) is 2.67. The second-order valence-corrected chi connectivity index (χ2v) is 5.21. The maximum Gasteiger partial charge on any atom is 0.0674 e. The minimum atomic E-state index is 0.296. The molecule has 1 saturated heterocycles. The second-order valence-electron chi connectivity index (χ2n) is 5.21. The lowest BCUT2D eigenvalue weighted by molar-refractivity contribution is -0.0588. The van der Waals surface area contributed by atoms with Gasteiger partial charge in [-0.3, -0.25) is 4.90 Å². The molecule has 1 rings (SSSR count). The Morgan fingerprint density at radius 2 is 2.12 bits per heavy atom. The summed E-state index contributed by atoms with van der Waals surface area (Å²) in [6.45, 7) is 11.7. The highest BCUT2D eigenvalue weighted by Crippen LogP contribution is 2.16. The van der Waals surface area contributed by atoms with Gasteiger partial charge in [-0.05, 0) is 19.3 Å². The van der Waals surface area contributed by atoms with Crippen LogP contribution in [0, 0.1) is 5.92 Å². The van der Waals surface area contributed by atoms with Crippen LogP contribution in [0.1, 0.15) is 40.5 Å². The molecule has 0 amide bonds. The summed E-state index contributed by atoms with van der Waals surface area (Å²) in [4.78, 5) is 2.52. The molecule has 0 radical (unpaired) electrons. The minimum Gasteiger partial charge on any atom is -0.376 e. The van der Waals surface area contributed by atoms with Crippen LogP contribution in [0.15, 0.2) is 0 Å². The SMILES string of the molecule is CCC(C)C(N)CN1CC(C)OCC1CC. The van der Waals surface area contributed by atoms with Gasteiger partial charge in [0.25, 0.3) is 0 Å². The molecule has 0 aromatic heterocycles. The van der Waals surface area contributed by atoms with E-state index in [0.29, 0.717) is 24.1 Å². The Morgan fingerprint density at radius 1 is 1.44 bits per heavy atom. The van der Waals surface area contributed by atoms with E-state index in [1.807, 2.05) is 0 Å². The lowest BCUT2D eigenvalue weighted by Gasteiger charge is -2.40. The first-order valence-electron chi connectivity index (χ1n) is 6.69. The summed E-state index contributed by atoms with van der Waals surface area (Å²) in [5.41, 5.74) is 6.24. The molecule has 2 N–H and O–H groups in total. The first kappa shape index (κ1) is 13.9.